The van der Waals surface area contributed by atoms with Crippen LogP contribution < -0.4 is 10.6 Å². The highest BCUT2D eigenvalue weighted by Crippen LogP contribution is 2.34. The number of anilines is 2. The number of halogens is 1. The Morgan fingerprint density at radius 1 is 0.738 bits per heavy atom. The molecule has 1 aliphatic carbocycles. The van der Waals surface area contributed by atoms with Gasteiger partial charge in [0.15, 0.2) is 0 Å². The standard InChI is InChI=1S/C27H31ClN4O.C25H28N4O3/c1-17-9-10-20(15-23(17)28)11-12-24-27(29-22-7-5-4-6-8-22)32-14-13-21(16-25(32)30-24)26-18(2)31-33-19(26)3;1-15-7-9-18(10-8-15)23-24(26-14-21(30)31-25(4,5)6)29-12-11-19(13-20(29)27-23)22-16(2)28-32-17(22)3/h9-10,13-16,22,29H,4-8,11-12H2,1-3H3;7-13,26H,14H2,1-6H3. The van der Waals surface area contributed by atoms with E-state index in [1.54, 1.807) is 0 Å². The number of benzene rings is 2. The molecular formula is C52H59ClN8O4. The summed E-state index contributed by atoms with van der Waals surface area (Å²) in [7, 11) is 0. The maximum absolute atomic E-state index is 12.3. The highest BCUT2D eigenvalue weighted by Gasteiger charge is 2.22. The molecule has 1 saturated carbocycles. The van der Waals surface area contributed by atoms with E-state index in [1.807, 2.05) is 109 Å². The van der Waals surface area contributed by atoms with E-state index in [2.05, 4.69) is 61.9 Å². The summed E-state index contributed by atoms with van der Waals surface area (Å²) >= 11 is 6.37. The molecule has 0 aliphatic heterocycles. The molecule has 0 unspecified atom stereocenters. The fourth-order valence-electron chi connectivity index (χ4n) is 8.68. The number of nitrogens with zero attached hydrogens (tertiary/aromatic N) is 6. The molecule has 8 aromatic rings. The number of esters is 1. The maximum Gasteiger partial charge on any atom is 0.325 e. The lowest BCUT2D eigenvalue weighted by molar-refractivity contribution is -0.152. The van der Waals surface area contributed by atoms with Crippen molar-refractivity contribution in [3.8, 4) is 33.5 Å². The number of aromatic nitrogens is 6. The zero-order valence-electron chi connectivity index (χ0n) is 38.9. The lowest BCUT2D eigenvalue weighted by Gasteiger charge is -2.24. The quantitative estimate of drug-likeness (QED) is 0.121. The molecule has 65 heavy (non-hydrogen) atoms. The van der Waals surface area contributed by atoms with Gasteiger partial charge in [0, 0.05) is 40.1 Å². The minimum Gasteiger partial charge on any atom is -0.459 e. The van der Waals surface area contributed by atoms with Gasteiger partial charge in [0.2, 0.25) is 0 Å². The molecule has 0 amide bonds. The van der Waals surface area contributed by atoms with Gasteiger partial charge in [0.1, 0.15) is 52.3 Å². The number of fused-ring (bicyclic) bond motifs is 2. The molecule has 12 nitrogen and oxygen atoms in total. The molecule has 1 aliphatic rings. The van der Waals surface area contributed by atoms with E-state index in [0.717, 1.165) is 108 Å². The van der Waals surface area contributed by atoms with Crippen LogP contribution in [0.4, 0.5) is 11.6 Å². The first kappa shape index (κ1) is 45.2. The summed E-state index contributed by atoms with van der Waals surface area (Å²) in [5.41, 5.74) is 13.3. The first-order valence-electron chi connectivity index (χ1n) is 22.6. The lowest BCUT2D eigenvalue weighted by atomic mass is 9.95. The van der Waals surface area contributed by atoms with Crippen molar-refractivity contribution >= 4 is 40.5 Å². The van der Waals surface area contributed by atoms with Crippen LogP contribution in [0, 0.1) is 41.5 Å². The molecule has 6 heterocycles. The number of hydrogen-bond donors (Lipinski definition) is 2. The largest absolute Gasteiger partial charge is 0.459 e. The summed E-state index contributed by atoms with van der Waals surface area (Å²) in [6.07, 6.45) is 12.2. The Hall–Kier alpha value is -6.40. The van der Waals surface area contributed by atoms with Crippen LogP contribution in [0.5, 0.6) is 0 Å². The Morgan fingerprint density at radius 3 is 1.91 bits per heavy atom. The monoisotopic (exact) mass is 894 g/mol. The minimum atomic E-state index is -0.540. The van der Waals surface area contributed by atoms with Crippen LogP contribution in [-0.4, -0.2) is 53.2 Å². The van der Waals surface area contributed by atoms with Gasteiger partial charge in [-0.2, -0.15) is 0 Å². The predicted octanol–water partition coefficient (Wildman–Crippen LogP) is 12.4. The molecule has 1 fully saturated rings. The molecule has 13 heteroatoms. The number of ether oxygens (including phenoxy) is 1. The van der Waals surface area contributed by atoms with E-state index in [0.29, 0.717) is 6.04 Å². The van der Waals surface area contributed by atoms with Gasteiger partial charge in [0.05, 0.1) is 17.1 Å². The fourth-order valence-corrected chi connectivity index (χ4v) is 8.88. The van der Waals surface area contributed by atoms with Gasteiger partial charge < -0.3 is 24.4 Å². The van der Waals surface area contributed by atoms with Crippen molar-refractivity contribution in [2.24, 2.45) is 0 Å². The smallest absolute Gasteiger partial charge is 0.325 e. The van der Waals surface area contributed by atoms with Gasteiger partial charge >= 0.3 is 5.97 Å². The van der Waals surface area contributed by atoms with Crippen molar-refractivity contribution in [3.05, 3.63) is 129 Å². The number of hydrogen-bond acceptors (Lipinski definition) is 10. The maximum atomic E-state index is 12.3. The third-order valence-corrected chi connectivity index (χ3v) is 12.4. The van der Waals surface area contributed by atoms with Gasteiger partial charge in [-0.1, -0.05) is 83.1 Å². The number of pyridine rings is 2. The number of carbonyl (C=O) groups is 1. The average molecular weight is 896 g/mol. The van der Waals surface area contributed by atoms with Crippen LogP contribution in [0.3, 0.4) is 0 Å². The third-order valence-electron chi connectivity index (χ3n) is 11.9. The molecule has 338 valence electrons. The predicted molar refractivity (Wildman–Crippen MR) is 259 cm³/mol. The molecule has 0 atom stereocenters. The molecule has 2 N–H and O–H groups in total. The van der Waals surface area contributed by atoms with Crippen molar-refractivity contribution in [1.29, 1.82) is 0 Å². The van der Waals surface area contributed by atoms with Crippen LogP contribution in [0.25, 0.3) is 44.8 Å². The fraction of sp³-hybridized carbons (Fsp3) is 0.365. The zero-order chi connectivity index (χ0) is 46.0. The van der Waals surface area contributed by atoms with Crippen LogP contribution in [0.15, 0.2) is 88.2 Å². The molecule has 0 radical (unpaired) electrons. The Morgan fingerprint density at radius 2 is 1.34 bits per heavy atom. The van der Waals surface area contributed by atoms with Crippen molar-refractivity contribution in [3.63, 3.8) is 0 Å². The lowest BCUT2D eigenvalue weighted by Crippen LogP contribution is -2.28. The zero-order valence-corrected chi connectivity index (χ0v) is 39.7. The van der Waals surface area contributed by atoms with Crippen LogP contribution in [-0.2, 0) is 22.4 Å². The third kappa shape index (κ3) is 10.3. The van der Waals surface area contributed by atoms with E-state index in [9.17, 15) is 4.79 Å². The average Bonchev–Trinajstić information content (AvgIpc) is 4.02. The van der Waals surface area contributed by atoms with Gasteiger partial charge in [0.25, 0.3) is 0 Å². The summed E-state index contributed by atoms with van der Waals surface area (Å²) < 4.78 is 20.3. The second-order valence-corrected chi connectivity index (χ2v) is 18.7. The summed E-state index contributed by atoms with van der Waals surface area (Å²) in [4.78, 5) is 22.3. The number of nitrogens with one attached hydrogen (secondary N) is 2. The van der Waals surface area contributed by atoms with Gasteiger partial charge in [-0.15, -0.1) is 0 Å². The van der Waals surface area contributed by atoms with Gasteiger partial charge in [-0.05, 0) is 141 Å². The number of imidazole rings is 2. The molecule has 0 saturated heterocycles. The van der Waals surface area contributed by atoms with E-state index >= 15 is 0 Å². The Kier molecular flexibility index (Phi) is 13.2. The first-order valence-corrected chi connectivity index (χ1v) is 22.9. The van der Waals surface area contributed by atoms with E-state index in [-0.39, 0.29) is 12.5 Å². The Labute approximate surface area is 385 Å². The van der Waals surface area contributed by atoms with Crippen molar-refractivity contribution in [1.82, 2.24) is 29.1 Å². The van der Waals surface area contributed by atoms with Crippen LogP contribution >= 0.6 is 11.6 Å². The number of carbonyl (C=O) groups excluding carboxylic acids is 1. The molecule has 2 aromatic carbocycles. The highest BCUT2D eigenvalue weighted by atomic mass is 35.5. The molecule has 6 aromatic heterocycles. The van der Waals surface area contributed by atoms with E-state index in [4.69, 9.17) is 35.4 Å². The number of rotatable bonds is 11. The molecule has 0 spiro atoms. The second-order valence-electron chi connectivity index (χ2n) is 18.3. The second kappa shape index (κ2) is 19.0. The summed E-state index contributed by atoms with van der Waals surface area (Å²) in [6, 6.07) is 23.3. The summed E-state index contributed by atoms with van der Waals surface area (Å²) in [5.74, 6) is 3.14. The minimum absolute atomic E-state index is 0.0372. The van der Waals surface area contributed by atoms with Crippen LogP contribution in [0.1, 0.15) is 98.2 Å². The van der Waals surface area contributed by atoms with Crippen molar-refractivity contribution in [2.45, 2.75) is 119 Å². The van der Waals surface area contributed by atoms with Crippen LogP contribution in [0.2, 0.25) is 5.02 Å². The highest BCUT2D eigenvalue weighted by molar-refractivity contribution is 6.31. The van der Waals surface area contributed by atoms with Gasteiger partial charge in [-0.25, -0.2) is 9.97 Å². The SMILES string of the molecule is Cc1ccc(-c2nc3cc(-c4c(C)noc4C)ccn3c2NCC(=O)OC(C)(C)C)cc1.Cc1ccc(CCc2nc3cc(-c4c(C)noc4C)ccn3c2NC2CCCCC2)cc1Cl. The van der Waals surface area contributed by atoms with Gasteiger partial charge in [-0.3, -0.25) is 13.6 Å². The topological polar surface area (TPSA) is 137 Å². The van der Waals surface area contributed by atoms with E-state index < -0.39 is 5.60 Å². The summed E-state index contributed by atoms with van der Waals surface area (Å²) in [5, 5.41) is 16.1. The normalized spacial score (nSPS) is 13.3. The molecular weight excluding hydrogens is 836 g/mol. The van der Waals surface area contributed by atoms with E-state index in [1.165, 1.54) is 43.2 Å². The first-order chi connectivity index (χ1) is 31.1. The Bertz CT molecular complexity index is 2920. The number of aryl methyl sites for hydroxylation is 8. The summed E-state index contributed by atoms with van der Waals surface area (Å²) in [6.45, 7) is 17.4. The van der Waals surface area contributed by atoms with Crippen molar-refractivity contribution in [2.75, 3.05) is 17.2 Å². The van der Waals surface area contributed by atoms with Crippen molar-refractivity contribution < 1.29 is 18.6 Å². The Balaban J connectivity index is 0.000000177. The molecule has 9 rings (SSSR count). The molecule has 0 bridgehead atoms.